The van der Waals surface area contributed by atoms with Crippen molar-refractivity contribution in [2.24, 2.45) is 5.73 Å². The summed E-state index contributed by atoms with van der Waals surface area (Å²) in [6, 6.07) is 6.74. The number of alkyl halides is 1. The lowest BCUT2D eigenvalue weighted by atomic mass is 10.2. The van der Waals surface area contributed by atoms with Crippen molar-refractivity contribution < 1.29 is 9.59 Å². The molecule has 0 spiro atoms. The molecular formula is C11H11BrN2O2. The molecular weight excluding hydrogens is 272 g/mol. The molecule has 1 aromatic rings. The molecule has 1 atom stereocenters. The standard InChI is InChI=1S/C11H11BrN2O2/c12-9-5-6-14(11(9)16)8-3-1-7(2-4-8)10(13)15/h1-4,9H,5-6H2,(H2,13,15). The Morgan fingerprint density at radius 2 is 2.00 bits per heavy atom. The van der Waals surface area contributed by atoms with Crippen molar-refractivity contribution in [2.75, 3.05) is 11.4 Å². The molecule has 0 saturated carbocycles. The number of rotatable bonds is 2. The summed E-state index contributed by atoms with van der Waals surface area (Å²) in [4.78, 5) is 24.2. The maximum absolute atomic E-state index is 11.7. The molecule has 16 heavy (non-hydrogen) atoms. The molecule has 1 aromatic carbocycles. The minimum absolute atomic E-state index is 0.0619. The molecule has 1 aliphatic rings. The van der Waals surface area contributed by atoms with Crippen LogP contribution in [0.5, 0.6) is 0 Å². The van der Waals surface area contributed by atoms with Gasteiger partial charge in [-0.2, -0.15) is 0 Å². The van der Waals surface area contributed by atoms with Crippen molar-refractivity contribution in [1.29, 1.82) is 0 Å². The number of anilines is 1. The lowest BCUT2D eigenvalue weighted by Crippen LogP contribution is -2.27. The number of nitrogens with zero attached hydrogens (tertiary/aromatic N) is 1. The van der Waals surface area contributed by atoms with Crippen LogP contribution in [-0.4, -0.2) is 23.2 Å². The second kappa shape index (κ2) is 4.25. The Morgan fingerprint density at radius 3 is 2.44 bits per heavy atom. The summed E-state index contributed by atoms with van der Waals surface area (Å²) in [5.41, 5.74) is 6.39. The highest BCUT2D eigenvalue weighted by Crippen LogP contribution is 2.25. The maximum atomic E-state index is 11.7. The first-order valence-corrected chi connectivity index (χ1v) is 5.86. The highest BCUT2D eigenvalue weighted by atomic mass is 79.9. The van der Waals surface area contributed by atoms with Crippen molar-refractivity contribution in [3.8, 4) is 0 Å². The number of carbonyl (C=O) groups is 2. The van der Waals surface area contributed by atoms with Crippen molar-refractivity contribution in [3.63, 3.8) is 0 Å². The van der Waals surface area contributed by atoms with Gasteiger partial charge in [0.15, 0.2) is 0 Å². The van der Waals surface area contributed by atoms with Crippen LogP contribution in [0.1, 0.15) is 16.8 Å². The average molecular weight is 283 g/mol. The van der Waals surface area contributed by atoms with E-state index in [1.807, 2.05) is 0 Å². The number of halogens is 1. The second-order valence-corrected chi connectivity index (χ2v) is 4.76. The van der Waals surface area contributed by atoms with Gasteiger partial charge < -0.3 is 10.6 Å². The Morgan fingerprint density at radius 1 is 1.38 bits per heavy atom. The molecule has 1 unspecified atom stereocenters. The molecule has 1 heterocycles. The van der Waals surface area contributed by atoms with Crippen LogP contribution in [-0.2, 0) is 4.79 Å². The molecule has 2 amide bonds. The normalized spacial score (nSPS) is 20.2. The van der Waals surface area contributed by atoms with Gasteiger partial charge >= 0.3 is 0 Å². The lowest BCUT2D eigenvalue weighted by Gasteiger charge is -2.15. The van der Waals surface area contributed by atoms with Gasteiger partial charge in [0.2, 0.25) is 11.8 Å². The highest BCUT2D eigenvalue weighted by molar-refractivity contribution is 9.10. The Bertz CT molecular complexity index is 430. The molecule has 0 aliphatic carbocycles. The largest absolute Gasteiger partial charge is 0.366 e. The minimum Gasteiger partial charge on any atom is -0.366 e. The molecule has 2 rings (SSSR count). The fourth-order valence-corrected chi connectivity index (χ4v) is 2.16. The predicted molar refractivity (Wildman–Crippen MR) is 64.6 cm³/mol. The SMILES string of the molecule is NC(=O)c1ccc(N2CCC(Br)C2=O)cc1. The van der Waals surface area contributed by atoms with E-state index >= 15 is 0 Å². The first-order chi connectivity index (χ1) is 7.59. The molecule has 0 bridgehead atoms. The lowest BCUT2D eigenvalue weighted by molar-refractivity contribution is -0.116. The van der Waals surface area contributed by atoms with Gasteiger partial charge in [0.25, 0.3) is 0 Å². The van der Waals surface area contributed by atoms with Crippen LogP contribution < -0.4 is 10.6 Å². The van der Waals surface area contributed by atoms with Crippen LogP contribution in [0.25, 0.3) is 0 Å². The van der Waals surface area contributed by atoms with Gasteiger partial charge in [0, 0.05) is 17.8 Å². The summed E-state index contributed by atoms with van der Waals surface area (Å²) in [5, 5.41) is 0. The van der Waals surface area contributed by atoms with Crippen molar-refractivity contribution in [2.45, 2.75) is 11.2 Å². The number of hydrogen-bond donors (Lipinski definition) is 1. The molecule has 4 nitrogen and oxygen atoms in total. The predicted octanol–water partition coefficient (Wildman–Crippen LogP) is 1.29. The summed E-state index contributed by atoms with van der Waals surface area (Å²) in [5.74, 6) is -0.399. The van der Waals surface area contributed by atoms with Gasteiger partial charge in [-0.1, -0.05) is 15.9 Å². The van der Waals surface area contributed by atoms with Crippen LogP contribution in [0.2, 0.25) is 0 Å². The zero-order valence-corrected chi connectivity index (χ0v) is 10.1. The summed E-state index contributed by atoms with van der Waals surface area (Å²) < 4.78 is 0. The van der Waals surface area contributed by atoms with E-state index < -0.39 is 5.91 Å². The number of primary amides is 1. The molecule has 0 radical (unpaired) electrons. The van der Waals surface area contributed by atoms with Crippen LogP contribution in [0, 0.1) is 0 Å². The second-order valence-electron chi connectivity index (χ2n) is 3.66. The van der Waals surface area contributed by atoms with Crippen LogP contribution in [0.15, 0.2) is 24.3 Å². The van der Waals surface area contributed by atoms with E-state index in [0.717, 1.165) is 12.1 Å². The van der Waals surface area contributed by atoms with E-state index in [2.05, 4.69) is 15.9 Å². The minimum atomic E-state index is -0.460. The Labute approximate surface area is 102 Å². The Kier molecular flexibility index (Phi) is 2.96. The molecule has 84 valence electrons. The topological polar surface area (TPSA) is 63.4 Å². The third kappa shape index (κ3) is 1.95. The molecule has 0 aromatic heterocycles. The number of benzene rings is 1. The number of amides is 2. The fourth-order valence-electron chi connectivity index (χ4n) is 1.71. The third-order valence-electron chi connectivity index (χ3n) is 2.60. The van der Waals surface area contributed by atoms with E-state index in [1.165, 1.54) is 0 Å². The monoisotopic (exact) mass is 282 g/mol. The van der Waals surface area contributed by atoms with Gasteiger partial charge in [-0.05, 0) is 30.7 Å². The van der Waals surface area contributed by atoms with Gasteiger partial charge in [0.1, 0.15) is 0 Å². The van der Waals surface area contributed by atoms with Crippen molar-refractivity contribution in [3.05, 3.63) is 29.8 Å². The quantitative estimate of drug-likeness (QED) is 0.831. The highest BCUT2D eigenvalue weighted by Gasteiger charge is 2.30. The first-order valence-electron chi connectivity index (χ1n) is 4.95. The molecule has 1 saturated heterocycles. The van der Waals surface area contributed by atoms with E-state index in [0.29, 0.717) is 12.1 Å². The molecule has 5 heteroatoms. The maximum Gasteiger partial charge on any atom is 0.248 e. The van der Waals surface area contributed by atoms with Crippen LogP contribution >= 0.6 is 15.9 Å². The Balaban J connectivity index is 2.22. The fraction of sp³-hybridized carbons (Fsp3) is 0.273. The van der Waals surface area contributed by atoms with E-state index in [-0.39, 0.29) is 10.7 Å². The number of nitrogens with two attached hydrogens (primary N) is 1. The first kappa shape index (κ1) is 11.1. The van der Waals surface area contributed by atoms with Gasteiger partial charge in [0.05, 0.1) is 4.83 Å². The number of hydrogen-bond acceptors (Lipinski definition) is 2. The van der Waals surface area contributed by atoms with Gasteiger partial charge in [-0.3, -0.25) is 9.59 Å². The molecule has 1 fully saturated rings. The average Bonchev–Trinajstić information content (AvgIpc) is 2.60. The third-order valence-corrected chi connectivity index (χ3v) is 3.45. The van der Waals surface area contributed by atoms with Gasteiger partial charge in [-0.15, -0.1) is 0 Å². The smallest absolute Gasteiger partial charge is 0.248 e. The van der Waals surface area contributed by atoms with Crippen LogP contribution in [0.4, 0.5) is 5.69 Å². The zero-order chi connectivity index (χ0) is 11.7. The molecule has 2 N–H and O–H groups in total. The summed E-state index contributed by atoms with van der Waals surface area (Å²) in [6.07, 6.45) is 0.802. The summed E-state index contributed by atoms with van der Waals surface area (Å²) >= 11 is 3.31. The van der Waals surface area contributed by atoms with E-state index in [1.54, 1.807) is 29.2 Å². The van der Waals surface area contributed by atoms with Gasteiger partial charge in [-0.25, -0.2) is 0 Å². The van der Waals surface area contributed by atoms with Crippen LogP contribution in [0.3, 0.4) is 0 Å². The summed E-state index contributed by atoms with van der Waals surface area (Å²) in [6.45, 7) is 0.699. The Hall–Kier alpha value is -1.36. The van der Waals surface area contributed by atoms with Crippen molar-refractivity contribution in [1.82, 2.24) is 0 Å². The van der Waals surface area contributed by atoms with E-state index in [9.17, 15) is 9.59 Å². The molecule has 1 aliphatic heterocycles. The van der Waals surface area contributed by atoms with Crippen molar-refractivity contribution >= 4 is 33.4 Å². The van der Waals surface area contributed by atoms with E-state index in [4.69, 9.17) is 5.73 Å². The summed E-state index contributed by atoms with van der Waals surface area (Å²) in [7, 11) is 0. The number of carbonyl (C=O) groups excluding carboxylic acids is 2. The zero-order valence-electron chi connectivity index (χ0n) is 8.52.